The molecule has 0 radical (unpaired) electrons. The Morgan fingerprint density at radius 3 is 2.42 bits per heavy atom. The first-order chi connectivity index (χ1) is 16.8. The van der Waals surface area contributed by atoms with Crippen LogP contribution in [0.5, 0.6) is 0 Å². The molecular weight excluding hydrogens is 478 g/mol. The van der Waals surface area contributed by atoms with E-state index >= 15 is 0 Å². The third-order valence-electron chi connectivity index (χ3n) is 5.39. The lowest BCUT2D eigenvalue weighted by Gasteiger charge is -2.43. The molecule has 0 bridgehead atoms. The van der Waals surface area contributed by atoms with Crippen molar-refractivity contribution in [3.8, 4) is 0 Å². The van der Waals surface area contributed by atoms with Crippen LogP contribution >= 0.6 is 0 Å². The second-order valence-electron chi connectivity index (χ2n) is 9.87. The Hall–Kier alpha value is -2.79. The number of rotatable bonds is 9. The van der Waals surface area contributed by atoms with Gasteiger partial charge in [0.05, 0.1) is 31.3 Å². The molecule has 11 heteroatoms. The lowest BCUT2D eigenvalue weighted by molar-refractivity contribution is -0.155. The average molecular weight is 515 g/mol. The first kappa shape index (κ1) is 29.4. The number of esters is 1. The van der Waals surface area contributed by atoms with Crippen LogP contribution in [-0.4, -0.2) is 77.6 Å². The van der Waals surface area contributed by atoms with Gasteiger partial charge in [-0.15, -0.1) is 0 Å². The van der Waals surface area contributed by atoms with Crippen molar-refractivity contribution in [3.63, 3.8) is 0 Å². The fraction of sp³-hybridized carbons (Fsp3) is 0.640. The first-order valence-corrected chi connectivity index (χ1v) is 12.0. The number of benzene rings is 1. The second-order valence-corrected chi connectivity index (χ2v) is 9.87. The highest BCUT2D eigenvalue weighted by atomic mass is 19.1. The fourth-order valence-corrected chi connectivity index (χ4v) is 3.88. The molecule has 0 aliphatic carbocycles. The predicted octanol–water partition coefficient (Wildman–Crippen LogP) is 2.72. The van der Waals surface area contributed by atoms with E-state index in [2.05, 4.69) is 5.32 Å². The van der Waals surface area contributed by atoms with Crippen molar-refractivity contribution in [3.05, 3.63) is 35.4 Å². The SMILES string of the molecule is CCCC(=O)OCC1CN(C(=O)OC(C)(C)C)C([C@@H](O)[C@H](Cc2cc(F)cc(F)c2)NC(C)=O)CO1. The van der Waals surface area contributed by atoms with Crippen molar-refractivity contribution in [1.29, 1.82) is 0 Å². The zero-order valence-corrected chi connectivity index (χ0v) is 21.4. The van der Waals surface area contributed by atoms with E-state index in [1.807, 2.05) is 6.92 Å². The number of nitrogens with one attached hydrogen (secondary N) is 1. The quantitative estimate of drug-likeness (QED) is 0.487. The number of amides is 2. The summed E-state index contributed by atoms with van der Waals surface area (Å²) in [6, 6.07) is 0.974. The molecule has 0 saturated carbocycles. The van der Waals surface area contributed by atoms with Crippen LogP contribution in [0.25, 0.3) is 0 Å². The van der Waals surface area contributed by atoms with Crippen molar-refractivity contribution in [2.45, 2.75) is 83.8 Å². The van der Waals surface area contributed by atoms with Crippen molar-refractivity contribution in [2.24, 2.45) is 0 Å². The Morgan fingerprint density at radius 1 is 1.22 bits per heavy atom. The third-order valence-corrected chi connectivity index (χ3v) is 5.39. The van der Waals surface area contributed by atoms with Crippen molar-refractivity contribution in [2.75, 3.05) is 19.8 Å². The van der Waals surface area contributed by atoms with Gasteiger partial charge in [-0.2, -0.15) is 0 Å². The molecule has 1 fully saturated rings. The van der Waals surface area contributed by atoms with Gasteiger partial charge < -0.3 is 24.6 Å². The standard InChI is InChI=1S/C25H36F2N2O7/c1-6-7-22(31)35-13-19-12-29(24(33)36-25(3,4)5)21(14-34-19)23(32)20(28-15(2)30)10-16-8-17(26)11-18(27)9-16/h8-9,11,19-21,23,32H,6-7,10,12-14H2,1-5H3,(H,28,30)/t19?,20-,21?,23-/m0/s1. The van der Waals surface area contributed by atoms with E-state index in [9.17, 15) is 28.3 Å². The van der Waals surface area contributed by atoms with Crippen molar-refractivity contribution in [1.82, 2.24) is 10.2 Å². The lowest BCUT2D eigenvalue weighted by atomic mass is 9.94. The number of hydrogen-bond acceptors (Lipinski definition) is 7. The van der Waals surface area contributed by atoms with E-state index in [0.717, 1.165) is 18.2 Å². The Kier molecular flexibility index (Phi) is 10.6. The molecule has 2 unspecified atom stereocenters. The van der Waals surface area contributed by atoms with Crippen LogP contribution in [0, 0.1) is 11.6 Å². The van der Waals surface area contributed by atoms with Crippen LogP contribution in [0.1, 0.15) is 53.0 Å². The van der Waals surface area contributed by atoms with Gasteiger partial charge in [-0.1, -0.05) is 6.92 Å². The van der Waals surface area contributed by atoms with Gasteiger partial charge in [0, 0.05) is 19.4 Å². The van der Waals surface area contributed by atoms with Crippen LogP contribution in [0.2, 0.25) is 0 Å². The Labute approximate surface area is 210 Å². The molecule has 36 heavy (non-hydrogen) atoms. The Balaban J connectivity index is 2.26. The maximum absolute atomic E-state index is 13.7. The molecule has 202 valence electrons. The number of aliphatic hydroxyl groups is 1. The van der Waals surface area contributed by atoms with Gasteiger partial charge in [-0.25, -0.2) is 13.6 Å². The van der Waals surface area contributed by atoms with Crippen LogP contribution in [0.3, 0.4) is 0 Å². The highest BCUT2D eigenvalue weighted by Gasteiger charge is 2.42. The molecule has 1 heterocycles. The van der Waals surface area contributed by atoms with Crippen molar-refractivity contribution >= 4 is 18.0 Å². The van der Waals surface area contributed by atoms with E-state index in [4.69, 9.17) is 14.2 Å². The van der Waals surface area contributed by atoms with Gasteiger partial charge in [0.25, 0.3) is 0 Å². The van der Waals surface area contributed by atoms with Crippen LogP contribution in [0.4, 0.5) is 13.6 Å². The molecule has 9 nitrogen and oxygen atoms in total. The van der Waals surface area contributed by atoms with E-state index in [-0.39, 0.29) is 44.1 Å². The number of halogens is 2. The molecule has 1 aromatic carbocycles. The molecule has 1 aromatic rings. The van der Waals surface area contributed by atoms with Gasteiger partial charge in [0.2, 0.25) is 5.91 Å². The summed E-state index contributed by atoms with van der Waals surface area (Å²) in [5.74, 6) is -2.45. The molecule has 2 rings (SSSR count). The van der Waals surface area contributed by atoms with Gasteiger partial charge >= 0.3 is 12.1 Å². The first-order valence-electron chi connectivity index (χ1n) is 12.0. The van der Waals surface area contributed by atoms with Crippen LogP contribution in [0.15, 0.2) is 18.2 Å². The number of aliphatic hydroxyl groups excluding tert-OH is 1. The summed E-state index contributed by atoms with van der Waals surface area (Å²) in [4.78, 5) is 38.0. The third kappa shape index (κ3) is 9.34. The predicted molar refractivity (Wildman–Crippen MR) is 126 cm³/mol. The highest BCUT2D eigenvalue weighted by Crippen LogP contribution is 2.23. The minimum absolute atomic E-state index is 0.0442. The second kappa shape index (κ2) is 13.0. The molecule has 2 N–H and O–H groups in total. The van der Waals surface area contributed by atoms with E-state index in [1.54, 1.807) is 20.8 Å². The Morgan fingerprint density at radius 2 is 1.86 bits per heavy atom. The van der Waals surface area contributed by atoms with E-state index < -0.39 is 53.5 Å². The minimum atomic E-state index is -1.38. The van der Waals surface area contributed by atoms with Crippen LogP contribution < -0.4 is 5.32 Å². The summed E-state index contributed by atoms with van der Waals surface area (Å²) >= 11 is 0. The van der Waals surface area contributed by atoms with Gasteiger partial charge in [-0.3, -0.25) is 14.5 Å². The maximum Gasteiger partial charge on any atom is 0.410 e. The maximum atomic E-state index is 13.7. The number of hydrogen-bond donors (Lipinski definition) is 2. The normalized spacial score (nSPS) is 19.8. The molecular formula is C25H36F2N2O7. The molecule has 1 aliphatic heterocycles. The highest BCUT2D eigenvalue weighted by molar-refractivity contribution is 5.73. The number of carbonyl (C=O) groups excluding carboxylic acids is 3. The number of nitrogens with zero attached hydrogens (tertiary/aromatic N) is 1. The fourth-order valence-electron chi connectivity index (χ4n) is 3.88. The van der Waals surface area contributed by atoms with Gasteiger partial charge in [-0.05, 0) is 51.3 Å². The molecule has 2 amide bonds. The summed E-state index contributed by atoms with van der Waals surface area (Å²) in [6.07, 6.45) is -1.98. The van der Waals surface area contributed by atoms with E-state index in [0.29, 0.717) is 6.42 Å². The molecule has 1 saturated heterocycles. The van der Waals surface area contributed by atoms with Crippen LogP contribution in [-0.2, 0) is 30.2 Å². The topological polar surface area (TPSA) is 114 Å². The van der Waals surface area contributed by atoms with Crippen molar-refractivity contribution < 1.29 is 42.5 Å². The number of morpholine rings is 1. The van der Waals surface area contributed by atoms with E-state index in [1.165, 1.54) is 11.8 Å². The smallest absolute Gasteiger partial charge is 0.410 e. The summed E-state index contributed by atoms with van der Waals surface area (Å²) < 4.78 is 44.0. The molecule has 0 spiro atoms. The zero-order chi connectivity index (χ0) is 27.0. The average Bonchev–Trinajstić information content (AvgIpc) is 2.74. The number of ether oxygens (including phenoxy) is 3. The molecule has 4 atom stereocenters. The summed E-state index contributed by atoms with van der Waals surface area (Å²) in [5.41, 5.74) is -0.615. The minimum Gasteiger partial charge on any atom is -0.463 e. The molecule has 1 aliphatic rings. The van der Waals surface area contributed by atoms with Gasteiger partial charge in [0.1, 0.15) is 29.9 Å². The summed E-state index contributed by atoms with van der Waals surface area (Å²) in [6.45, 7) is 7.89. The largest absolute Gasteiger partial charge is 0.463 e. The Bertz CT molecular complexity index is 902. The summed E-state index contributed by atoms with van der Waals surface area (Å²) in [7, 11) is 0. The monoisotopic (exact) mass is 514 g/mol. The summed E-state index contributed by atoms with van der Waals surface area (Å²) in [5, 5.41) is 13.9. The van der Waals surface area contributed by atoms with Gasteiger partial charge in [0.15, 0.2) is 0 Å². The lowest BCUT2D eigenvalue weighted by Crippen LogP contribution is -2.63. The zero-order valence-electron chi connectivity index (χ0n) is 21.4. The molecule has 0 aromatic heterocycles. The number of carbonyl (C=O) groups is 3.